The van der Waals surface area contributed by atoms with E-state index in [1.807, 2.05) is 6.07 Å². The number of hydrogen-bond acceptors (Lipinski definition) is 1. The Labute approximate surface area is 114 Å². The summed E-state index contributed by atoms with van der Waals surface area (Å²) in [6, 6.07) is 4.15. The number of hydrogen-bond donors (Lipinski definition) is 1. The number of nitrogens with one attached hydrogen (secondary N) is 1. The summed E-state index contributed by atoms with van der Waals surface area (Å²) in [6.07, 6.45) is 4.53. The molecule has 1 aromatic heterocycles. The SMILES string of the molecule is CCNCCCc1cn(C)c2c(C)c(Cl)ccc12. The quantitative estimate of drug-likeness (QED) is 0.815. The number of benzene rings is 1. The van der Waals surface area contributed by atoms with Crippen molar-refractivity contribution in [3.8, 4) is 0 Å². The molecule has 0 saturated heterocycles. The Balaban J connectivity index is 2.27. The van der Waals surface area contributed by atoms with E-state index in [1.54, 1.807) is 0 Å². The van der Waals surface area contributed by atoms with Crippen LogP contribution in [0.4, 0.5) is 0 Å². The maximum atomic E-state index is 6.19. The summed E-state index contributed by atoms with van der Waals surface area (Å²) in [4.78, 5) is 0. The molecule has 18 heavy (non-hydrogen) atoms. The topological polar surface area (TPSA) is 17.0 Å². The third-order valence-electron chi connectivity index (χ3n) is 3.46. The third-order valence-corrected chi connectivity index (χ3v) is 3.87. The van der Waals surface area contributed by atoms with Gasteiger partial charge in [0.15, 0.2) is 0 Å². The molecule has 2 rings (SSSR count). The highest BCUT2D eigenvalue weighted by molar-refractivity contribution is 6.32. The first-order valence-corrected chi connectivity index (χ1v) is 6.96. The van der Waals surface area contributed by atoms with Gasteiger partial charge in [-0.3, -0.25) is 0 Å². The van der Waals surface area contributed by atoms with Gasteiger partial charge in [-0.05, 0) is 50.0 Å². The molecule has 0 saturated carbocycles. The predicted octanol–water partition coefficient (Wildman–Crippen LogP) is 3.68. The second-order valence-electron chi connectivity index (χ2n) is 4.79. The Kier molecular flexibility index (Phi) is 4.31. The number of aryl methyl sites for hydroxylation is 3. The second kappa shape index (κ2) is 5.77. The Morgan fingerprint density at radius 3 is 2.83 bits per heavy atom. The van der Waals surface area contributed by atoms with Crippen molar-refractivity contribution in [3.63, 3.8) is 0 Å². The zero-order valence-corrected chi connectivity index (χ0v) is 12.1. The fraction of sp³-hybridized carbons (Fsp3) is 0.467. The van der Waals surface area contributed by atoms with Crippen molar-refractivity contribution >= 4 is 22.5 Å². The van der Waals surface area contributed by atoms with Crippen LogP contribution in [0.3, 0.4) is 0 Å². The first-order chi connectivity index (χ1) is 8.65. The highest BCUT2D eigenvalue weighted by Gasteiger charge is 2.10. The maximum Gasteiger partial charge on any atom is 0.0525 e. The lowest BCUT2D eigenvalue weighted by Crippen LogP contribution is -2.14. The van der Waals surface area contributed by atoms with Crippen LogP contribution in [0.5, 0.6) is 0 Å². The van der Waals surface area contributed by atoms with E-state index in [9.17, 15) is 0 Å². The van der Waals surface area contributed by atoms with Crippen LogP contribution in [0.2, 0.25) is 5.02 Å². The van der Waals surface area contributed by atoms with E-state index in [2.05, 4.69) is 43.0 Å². The Hall–Kier alpha value is -0.990. The lowest BCUT2D eigenvalue weighted by Gasteiger charge is -2.04. The average Bonchev–Trinajstić information content (AvgIpc) is 2.67. The van der Waals surface area contributed by atoms with E-state index < -0.39 is 0 Å². The molecule has 1 heterocycles. The van der Waals surface area contributed by atoms with Crippen LogP contribution in [0.15, 0.2) is 18.3 Å². The molecule has 0 bridgehead atoms. The van der Waals surface area contributed by atoms with E-state index in [1.165, 1.54) is 28.5 Å². The van der Waals surface area contributed by atoms with Gasteiger partial charge in [0.25, 0.3) is 0 Å². The lowest BCUT2D eigenvalue weighted by atomic mass is 10.1. The number of halogens is 1. The third kappa shape index (κ3) is 2.55. The summed E-state index contributed by atoms with van der Waals surface area (Å²) >= 11 is 6.19. The molecule has 0 amide bonds. The molecule has 0 aliphatic heterocycles. The van der Waals surface area contributed by atoms with Crippen molar-refractivity contribution in [2.24, 2.45) is 7.05 Å². The minimum atomic E-state index is 0.850. The van der Waals surface area contributed by atoms with Crippen molar-refractivity contribution in [2.75, 3.05) is 13.1 Å². The minimum Gasteiger partial charge on any atom is -0.350 e. The summed E-state index contributed by atoms with van der Waals surface area (Å²) in [5, 5.41) is 5.56. The largest absolute Gasteiger partial charge is 0.350 e. The molecule has 0 unspecified atom stereocenters. The highest BCUT2D eigenvalue weighted by Crippen LogP contribution is 2.29. The van der Waals surface area contributed by atoms with Gasteiger partial charge in [-0.25, -0.2) is 0 Å². The Morgan fingerprint density at radius 1 is 1.33 bits per heavy atom. The molecule has 3 heteroatoms. The maximum absolute atomic E-state index is 6.19. The fourth-order valence-electron chi connectivity index (χ4n) is 2.54. The normalized spacial score (nSPS) is 11.3. The molecule has 0 atom stereocenters. The monoisotopic (exact) mass is 264 g/mol. The van der Waals surface area contributed by atoms with E-state index in [0.717, 1.165) is 24.5 Å². The van der Waals surface area contributed by atoms with Gasteiger partial charge in [-0.1, -0.05) is 24.6 Å². The van der Waals surface area contributed by atoms with E-state index in [4.69, 9.17) is 11.6 Å². The van der Waals surface area contributed by atoms with Crippen molar-refractivity contribution in [1.29, 1.82) is 0 Å². The molecule has 0 radical (unpaired) electrons. The summed E-state index contributed by atoms with van der Waals surface area (Å²) in [7, 11) is 2.10. The number of nitrogens with zero attached hydrogens (tertiary/aromatic N) is 1. The molecule has 1 N–H and O–H groups in total. The molecule has 0 fully saturated rings. The van der Waals surface area contributed by atoms with Gasteiger partial charge < -0.3 is 9.88 Å². The first-order valence-electron chi connectivity index (χ1n) is 6.59. The van der Waals surface area contributed by atoms with E-state index >= 15 is 0 Å². The summed E-state index contributed by atoms with van der Waals surface area (Å²) in [5.41, 5.74) is 3.86. The van der Waals surface area contributed by atoms with Crippen LogP contribution in [-0.2, 0) is 13.5 Å². The molecule has 0 aliphatic rings. The standard InChI is InChI=1S/C15H21ClN2/c1-4-17-9-5-6-12-10-18(3)15-11(2)14(16)8-7-13(12)15/h7-8,10,17H,4-6,9H2,1-3H3. The van der Waals surface area contributed by atoms with Gasteiger partial charge in [0, 0.05) is 23.7 Å². The van der Waals surface area contributed by atoms with Crippen LogP contribution in [0.25, 0.3) is 10.9 Å². The van der Waals surface area contributed by atoms with E-state index in [-0.39, 0.29) is 0 Å². The van der Waals surface area contributed by atoms with Gasteiger partial charge in [0.1, 0.15) is 0 Å². The number of rotatable bonds is 5. The van der Waals surface area contributed by atoms with Gasteiger partial charge in [0.2, 0.25) is 0 Å². The molecule has 2 nitrogen and oxygen atoms in total. The summed E-state index contributed by atoms with van der Waals surface area (Å²) in [6.45, 7) is 6.36. The van der Waals surface area contributed by atoms with Crippen LogP contribution < -0.4 is 5.32 Å². The molecule has 98 valence electrons. The van der Waals surface area contributed by atoms with Gasteiger partial charge in [-0.2, -0.15) is 0 Å². The van der Waals surface area contributed by atoms with Crippen molar-refractivity contribution < 1.29 is 0 Å². The van der Waals surface area contributed by atoms with Crippen LogP contribution in [-0.4, -0.2) is 17.7 Å². The van der Waals surface area contributed by atoms with Gasteiger partial charge in [0.05, 0.1) is 5.52 Å². The minimum absolute atomic E-state index is 0.850. The van der Waals surface area contributed by atoms with Crippen molar-refractivity contribution in [1.82, 2.24) is 9.88 Å². The average molecular weight is 265 g/mol. The zero-order chi connectivity index (χ0) is 13.1. The number of fused-ring (bicyclic) bond motifs is 1. The molecular formula is C15H21ClN2. The van der Waals surface area contributed by atoms with Gasteiger partial charge >= 0.3 is 0 Å². The molecule has 2 aromatic rings. The predicted molar refractivity (Wildman–Crippen MR) is 79.5 cm³/mol. The summed E-state index contributed by atoms with van der Waals surface area (Å²) < 4.78 is 2.19. The van der Waals surface area contributed by atoms with Gasteiger partial charge in [-0.15, -0.1) is 0 Å². The van der Waals surface area contributed by atoms with Crippen LogP contribution >= 0.6 is 11.6 Å². The smallest absolute Gasteiger partial charge is 0.0525 e. The summed E-state index contributed by atoms with van der Waals surface area (Å²) in [5.74, 6) is 0. The van der Waals surface area contributed by atoms with Crippen LogP contribution in [0, 0.1) is 6.92 Å². The molecule has 1 aromatic carbocycles. The fourth-order valence-corrected chi connectivity index (χ4v) is 2.69. The highest BCUT2D eigenvalue weighted by atomic mass is 35.5. The van der Waals surface area contributed by atoms with Crippen molar-refractivity contribution in [2.45, 2.75) is 26.7 Å². The van der Waals surface area contributed by atoms with E-state index in [0.29, 0.717) is 0 Å². The number of aromatic nitrogens is 1. The van der Waals surface area contributed by atoms with Crippen molar-refractivity contribution in [3.05, 3.63) is 34.5 Å². The molecular weight excluding hydrogens is 244 g/mol. The lowest BCUT2D eigenvalue weighted by molar-refractivity contribution is 0.673. The van der Waals surface area contributed by atoms with Crippen LogP contribution in [0.1, 0.15) is 24.5 Å². The Morgan fingerprint density at radius 2 is 2.11 bits per heavy atom. The Bertz CT molecular complexity index is 543. The molecule has 0 spiro atoms. The first kappa shape index (κ1) is 13.4. The molecule has 0 aliphatic carbocycles. The zero-order valence-electron chi connectivity index (χ0n) is 11.4. The second-order valence-corrected chi connectivity index (χ2v) is 5.20.